The summed E-state index contributed by atoms with van der Waals surface area (Å²) in [6, 6.07) is 13.8. The Balaban J connectivity index is 1.94. The number of carboxylic acids is 1. The molecule has 9 heteroatoms. The maximum Gasteiger partial charge on any atom is 0.337 e. The van der Waals surface area contributed by atoms with Gasteiger partial charge < -0.3 is 15.2 Å². The van der Waals surface area contributed by atoms with Crippen molar-refractivity contribution in [1.29, 1.82) is 0 Å². The highest BCUT2D eigenvalue weighted by Crippen LogP contribution is 2.37. The molecule has 32 heavy (non-hydrogen) atoms. The van der Waals surface area contributed by atoms with Crippen LogP contribution in [0.1, 0.15) is 23.0 Å². The van der Waals surface area contributed by atoms with Crippen molar-refractivity contribution < 1.29 is 14.6 Å². The van der Waals surface area contributed by atoms with E-state index in [4.69, 9.17) is 21.4 Å². The Morgan fingerprint density at radius 1 is 1.19 bits per heavy atom. The number of pyridine rings is 2. The second kappa shape index (κ2) is 9.07. The predicted octanol–water partition coefficient (Wildman–Crippen LogP) is 5.00. The normalized spacial score (nSPS) is 10.7. The van der Waals surface area contributed by atoms with Crippen LogP contribution in [-0.2, 0) is 6.42 Å². The number of carbonyl (C=O) groups is 1. The van der Waals surface area contributed by atoms with Crippen molar-refractivity contribution in [3.8, 4) is 22.8 Å². The van der Waals surface area contributed by atoms with Crippen LogP contribution in [0.4, 0.5) is 11.5 Å². The van der Waals surface area contributed by atoms with E-state index in [2.05, 4.69) is 15.3 Å². The molecule has 0 aliphatic rings. The minimum atomic E-state index is -1.10. The molecule has 4 rings (SSSR count). The van der Waals surface area contributed by atoms with E-state index in [1.54, 1.807) is 42.4 Å². The SMILES string of the molecule is CCc1nn(-c2ccccn2)c(Nc2ccc(Cl)cc2C(=O)O)c1-c1ccc(OC)nc1. The summed E-state index contributed by atoms with van der Waals surface area (Å²) in [6.07, 6.45) is 4.01. The molecule has 8 nitrogen and oxygen atoms in total. The molecule has 162 valence electrons. The molecule has 0 atom stereocenters. The Morgan fingerprint density at radius 3 is 2.66 bits per heavy atom. The first-order valence-electron chi connectivity index (χ1n) is 9.85. The van der Waals surface area contributed by atoms with Crippen LogP contribution in [-0.4, -0.2) is 37.9 Å². The van der Waals surface area contributed by atoms with Gasteiger partial charge in [0, 0.05) is 34.6 Å². The van der Waals surface area contributed by atoms with Gasteiger partial charge in [-0.1, -0.05) is 24.6 Å². The molecule has 3 aromatic heterocycles. The number of aromatic carboxylic acids is 1. The van der Waals surface area contributed by atoms with Crippen LogP contribution >= 0.6 is 11.6 Å². The maximum absolute atomic E-state index is 11.8. The lowest BCUT2D eigenvalue weighted by Crippen LogP contribution is -2.08. The van der Waals surface area contributed by atoms with Crippen molar-refractivity contribution in [2.24, 2.45) is 0 Å². The van der Waals surface area contributed by atoms with Gasteiger partial charge in [0.1, 0.15) is 5.82 Å². The monoisotopic (exact) mass is 449 g/mol. The molecule has 1 aromatic carbocycles. The van der Waals surface area contributed by atoms with Crippen LogP contribution in [0.3, 0.4) is 0 Å². The van der Waals surface area contributed by atoms with Crippen molar-refractivity contribution in [3.05, 3.63) is 77.2 Å². The van der Waals surface area contributed by atoms with Gasteiger partial charge in [-0.15, -0.1) is 0 Å². The van der Waals surface area contributed by atoms with Gasteiger partial charge in [-0.05, 0) is 42.8 Å². The quantitative estimate of drug-likeness (QED) is 0.409. The molecular weight excluding hydrogens is 430 g/mol. The van der Waals surface area contributed by atoms with Crippen LogP contribution in [0.25, 0.3) is 16.9 Å². The lowest BCUT2D eigenvalue weighted by atomic mass is 10.1. The summed E-state index contributed by atoms with van der Waals surface area (Å²) in [5, 5.41) is 18.1. The number of aromatic nitrogens is 4. The molecule has 4 aromatic rings. The molecule has 0 aliphatic heterocycles. The zero-order valence-corrected chi connectivity index (χ0v) is 18.2. The van der Waals surface area contributed by atoms with E-state index in [0.717, 1.165) is 16.8 Å². The summed E-state index contributed by atoms with van der Waals surface area (Å²) in [4.78, 5) is 20.6. The topological polar surface area (TPSA) is 102 Å². The Hall–Kier alpha value is -3.91. The van der Waals surface area contributed by atoms with E-state index in [0.29, 0.717) is 34.6 Å². The number of nitrogens with zero attached hydrogens (tertiary/aromatic N) is 4. The molecule has 0 unspecified atom stereocenters. The van der Waals surface area contributed by atoms with Gasteiger partial charge in [0.15, 0.2) is 5.82 Å². The first-order chi connectivity index (χ1) is 15.5. The molecule has 0 radical (unpaired) electrons. The number of aryl methyl sites for hydroxylation is 1. The van der Waals surface area contributed by atoms with Crippen molar-refractivity contribution in [1.82, 2.24) is 19.7 Å². The Bertz CT molecular complexity index is 1260. The average Bonchev–Trinajstić information content (AvgIpc) is 3.19. The fourth-order valence-corrected chi connectivity index (χ4v) is 3.53. The van der Waals surface area contributed by atoms with Crippen LogP contribution in [0, 0.1) is 0 Å². The molecular formula is C23H20ClN5O3. The number of benzene rings is 1. The maximum atomic E-state index is 11.8. The number of hydrogen-bond donors (Lipinski definition) is 2. The van der Waals surface area contributed by atoms with Crippen molar-refractivity contribution in [3.63, 3.8) is 0 Å². The average molecular weight is 450 g/mol. The number of halogens is 1. The number of rotatable bonds is 7. The Labute approximate surface area is 189 Å². The Morgan fingerprint density at radius 2 is 2.03 bits per heavy atom. The van der Waals surface area contributed by atoms with E-state index in [9.17, 15) is 9.90 Å². The third-order valence-corrected chi connectivity index (χ3v) is 5.09. The summed E-state index contributed by atoms with van der Waals surface area (Å²) in [5.41, 5.74) is 2.82. The molecule has 0 fully saturated rings. The highest BCUT2D eigenvalue weighted by atomic mass is 35.5. The van der Waals surface area contributed by atoms with E-state index < -0.39 is 5.97 Å². The second-order valence-electron chi connectivity index (χ2n) is 6.83. The molecule has 0 saturated heterocycles. The predicted molar refractivity (Wildman–Crippen MR) is 122 cm³/mol. The zero-order chi connectivity index (χ0) is 22.7. The zero-order valence-electron chi connectivity index (χ0n) is 17.4. The Kier molecular flexibility index (Phi) is 6.04. The van der Waals surface area contributed by atoms with Gasteiger partial charge in [-0.2, -0.15) is 9.78 Å². The molecule has 2 N–H and O–H groups in total. The number of anilines is 2. The molecule has 0 spiro atoms. The minimum absolute atomic E-state index is 0.0446. The van der Waals surface area contributed by atoms with Crippen molar-refractivity contribution in [2.45, 2.75) is 13.3 Å². The van der Waals surface area contributed by atoms with E-state index in [1.807, 2.05) is 31.2 Å². The van der Waals surface area contributed by atoms with E-state index >= 15 is 0 Å². The first kappa shape index (κ1) is 21.3. The third kappa shape index (κ3) is 4.13. The van der Waals surface area contributed by atoms with Gasteiger partial charge in [0.2, 0.25) is 5.88 Å². The number of ether oxygens (including phenoxy) is 1. The summed E-state index contributed by atoms with van der Waals surface area (Å²) in [6.45, 7) is 2.00. The third-order valence-electron chi connectivity index (χ3n) is 4.86. The fraction of sp³-hybridized carbons (Fsp3) is 0.130. The number of carboxylic acid groups (broad SMARTS) is 1. The second-order valence-corrected chi connectivity index (χ2v) is 7.27. The van der Waals surface area contributed by atoms with Crippen LogP contribution < -0.4 is 10.1 Å². The van der Waals surface area contributed by atoms with Gasteiger partial charge in [-0.25, -0.2) is 14.8 Å². The molecule has 0 saturated carbocycles. The van der Waals surface area contributed by atoms with Crippen LogP contribution in [0.2, 0.25) is 5.02 Å². The van der Waals surface area contributed by atoms with Crippen LogP contribution in [0.15, 0.2) is 60.9 Å². The summed E-state index contributed by atoms with van der Waals surface area (Å²) >= 11 is 6.03. The highest BCUT2D eigenvalue weighted by molar-refractivity contribution is 6.31. The lowest BCUT2D eigenvalue weighted by Gasteiger charge is -2.14. The summed E-state index contributed by atoms with van der Waals surface area (Å²) in [5.74, 6) is 0.548. The smallest absolute Gasteiger partial charge is 0.337 e. The summed E-state index contributed by atoms with van der Waals surface area (Å²) < 4.78 is 6.85. The number of methoxy groups -OCH3 is 1. The van der Waals surface area contributed by atoms with Gasteiger partial charge in [0.25, 0.3) is 0 Å². The van der Waals surface area contributed by atoms with Crippen LogP contribution in [0.5, 0.6) is 5.88 Å². The van der Waals surface area contributed by atoms with Gasteiger partial charge in [0.05, 0.1) is 24.1 Å². The number of nitrogens with one attached hydrogen (secondary N) is 1. The largest absolute Gasteiger partial charge is 0.481 e. The fourth-order valence-electron chi connectivity index (χ4n) is 3.35. The lowest BCUT2D eigenvalue weighted by molar-refractivity contribution is 0.0698. The highest BCUT2D eigenvalue weighted by Gasteiger charge is 2.22. The summed E-state index contributed by atoms with van der Waals surface area (Å²) in [7, 11) is 1.56. The van der Waals surface area contributed by atoms with Crippen molar-refractivity contribution >= 4 is 29.1 Å². The molecule has 0 aliphatic carbocycles. The molecule has 3 heterocycles. The first-order valence-corrected chi connectivity index (χ1v) is 10.2. The van der Waals surface area contributed by atoms with Gasteiger partial charge >= 0.3 is 5.97 Å². The molecule has 0 amide bonds. The van der Waals surface area contributed by atoms with Gasteiger partial charge in [-0.3, -0.25) is 0 Å². The van der Waals surface area contributed by atoms with Crippen molar-refractivity contribution in [2.75, 3.05) is 12.4 Å². The minimum Gasteiger partial charge on any atom is -0.481 e. The standard InChI is InChI=1S/C23H20ClN5O3/c1-3-17-21(14-7-10-20(32-2)26-13-14)22(29(28-17)19-6-4-5-11-25-19)27-18-9-8-15(24)12-16(18)23(30)31/h4-13,27H,3H2,1-2H3,(H,30,31). The van der Waals surface area contributed by atoms with E-state index in [-0.39, 0.29) is 5.56 Å². The number of hydrogen-bond acceptors (Lipinski definition) is 6. The molecule has 0 bridgehead atoms. The van der Waals surface area contributed by atoms with E-state index in [1.165, 1.54) is 6.07 Å².